The fourth-order valence-corrected chi connectivity index (χ4v) is 2.84. The molecular weight excluding hydrogens is 310 g/mol. The molecule has 1 heterocycles. The van der Waals surface area contributed by atoms with Gasteiger partial charge >= 0.3 is 17.8 Å². The first-order chi connectivity index (χ1) is 11.5. The third kappa shape index (κ3) is 3.12. The van der Waals surface area contributed by atoms with Gasteiger partial charge in [-0.15, -0.1) is 0 Å². The first-order valence-corrected chi connectivity index (χ1v) is 8.09. The van der Waals surface area contributed by atoms with Crippen molar-refractivity contribution in [1.29, 1.82) is 0 Å². The summed E-state index contributed by atoms with van der Waals surface area (Å²) >= 11 is 0. The van der Waals surface area contributed by atoms with Crippen LogP contribution in [0.3, 0.4) is 0 Å². The first-order valence-electron chi connectivity index (χ1n) is 8.09. The standard InChI is InChI=1S/C17H21N3O4/c1-3-19-15(21)16(22)20(17(19)23)11-18(13-6-7-13)10-12-4-8-14(24-2)9-5-12/h4-5,8-9,13H,3,6-7,10-11H2,1-2H3. The lowest BCUT2D eigenvalue weighted by Gasteiger charge is -2.26. The zero-order chi connectivity index (χ0) is 17.3. The summed E-state index contributed by atoms with van der Waals surface area (Å²) in [6, 6.07) is 7.52. The second-order valence-corrected chi connectivity index (χ2v) is 6.03. The summed E-state index contributed by atoms with van der Waals surface area (Å²) < 4.78 is 5.15. The molecule has 1 aliphatic carbocycles. The number of ether oxygens (including phenoxy) is 1. The molecule has 128 valence electrons. The van der Waals surface area contributed by atoms with Gasteiger partial charge in [0.05, 0.1) is 13.8 Å². The lowest BCUT2D eigenvalue weighted by atomic mass is 10.2. The van der Waals surface area contributed by atoms with Crippen LogP contribution in [-0.2, 0) is 16.1 Å². The summed E-state index contributed by atoms with van der Waals surface area (Å²) in [7, 11) is 1.62. The third-order valence-corrected chi connectivity index (χ3v) is 4.38. The number of urea groups is 1. The third-order valence-electron chi connectivity index (χ3n) is 4.38. The topological polar surface area (TPSA) is 70.2 Å². The fourth-order valence-electron chi connectivity index (χ4n) is 2.84. The minimum Gasteiger partial charge on any atom is -0.497 e. The highest BCUT2D eigenvalue weighted by Gasteiger charge is 2.45. The summed E-state index contributed by atoms with van der Waals surface area (Å²) in [5.74, 6) is -0.685. The molecule has 7 heteroatoms. The van der Waals surface area contributed by atoms with Crippen molar-refractivity contribution in [2.45, 2.75) is 32.4 Å². The van der Waals surface area contributed by atoms with Crippen LogP contribution in [0.2, 0.25) is 0 Å². The number of likely N-dealkylation sites (N-methyl/N-ethyl adjacent to an activating group) is 1. The van der Waals surface area contributed by atoms with Gasteiger partial charge in [-0.2, -0.15) is 0 Å². The van der Waals surface area contributed by atoms with Crippen molar-refractivity contribution in [3.05, 3.63) is 29.8 Å². The van der Waals surface area contributed by atoms with Gasteiger partial charge in [-0.3, -0.25) is 19.4 Å². The summed E-state index contributed by atoms with van der Waals surface area (Å²) in [5, 5.41) is 0. The molecule has 0 atom stereocenters. The SMILES string of the molecule is CCN1C(=O)C(=O)N(CN(Cc2ccc(OC)cc2)C2CC2)C1=O. The quantitative estimate of drug-likeness (QED) is 0.558. The number of carbonyl (C=O) groups excluding carboxylic acids is 3. The number of hydrogen-bond donors (Lipinski definition) is 0. The molecule has 0 N–H and O–H groups in total. The van der Waals surface area contributed by atoms with Crippen LogP contribution in [0.5, 0.6) is 5.75 Å². The second-order valence-electron chi connectivity index (χ2n) is 6.03. The molecule has 1 saturated heterocycles. The Labute approximate surface area is 140 Å². The average molecular weight is 331 g/mol. The van der Waals surface area contributed by atoms with Gasteiger partial charge in [0, 0.05) is 19.1 Å². The van der Waals surface area contributed by atoms with Crippen molar-refractivity contribution < 1.29 is 19.1 Å². The predicted molar refractivity (Wildman–Crippen MR) is 86.1 cm³/mol. The molecular formula is C17H21N3O4. The Morgan fingerprint density at radius 3 is 2.21 bits per heavy atom. The normalized spacial score (nSPS) is 18.0. The van der Waals surface area contributed by atoms with Gasteiger partial charge < -0.3 is 4.74 Å². The lowest BCUT2D eigenvalue weighted by Crippen LogP contribution is -2.43. The molecule has 1 aliphatic heterocycles. The average Bonchev–Trinajstić information content (AvgIpc) is 3.41. The fraction of sp³-hybridized carbons (Fsp3) is 0.471. The molecule has 7 nitrogen and oxygen atoms in total. The number of amides is 4. The van der Waals surface area contributed by atoms with Crippen molar-refractivity contribution in [3.63, 3.8) is 0 Å². The largest absolute Gasteiger partial charge is 0.497 e. The molecule has 2 fully saturated rings. The van der Waals surface area contributed by atoms with Crippen molar-refractivity contribution in [1.82, 2.24) is 14.7 Å². The maximum atomic E-state index is 12.2. The summed E-state index contributed by atoms with van der Waals surface area (Å²) in [5.41, 5.74) is 1.07. The van der Waals surface area contributed by atoms with Crippen LogP contribution < -0.4 is 4.74 Å². The van der Waals surface area contributed by atoms with E-state index in [9.17, 15) is 14.4 Å². The molecule has 0 unspecified atom stereocenters. The van der Waals surface area contributed by atoms with Crippen LogP contribution in [0.25, 0.3) is 0 Å². The minimum absolute atomic E-state index is 0.149. The van der Waals surface area contributed by atoms with Gasteiger partial charge in [0.2, 0.25) is 0 Å². The van der Waals surface area contributed by atoms with E-state index in [0.717, 1.165) is 34.0 Å². The molecule has 1 aromatic carbocycles. The van der Waals surface area contributed by atoms with Crippen LogP contribution in [-0.4, -0.2) is 58.9 Å². The van der Waals surface area contributed by atoms with Crippen LogP contribution in [0, 0.1) is 0 Å². The van der Waals surface area contributed by atoms with Crippen molar-refractivity contribution in [2.75, 3.05) is 20.3 Å². The Balaban J connectivity index is 1.71. The van der Waals surface area contributed by atoms with Crippen LogP contribution in [0.15, 0.2) is 24.3 Å². The van der Waals surface area contributed by atoms with E-state index in [-0.39, 0.29) is 13.2 Å². The van der Waals surface area contributed by atoms with Crippen LogP contribution in [0.1, 0.15) is 25.3 Å². The van der Waals surface area contributed by atoms with E-state index in [4.69, 9.17) is 4.74 Å². The van der Waals surface area contributed by atoms with E-state index in [0.29, 0.717) is 12.6 Å². The highest BCUT2D eigenvalue weighted by atomic mass is 16.5. The predicted octanol–water partition coefficient (Wildman–Crippen LogP) is 1.43. The van der Waals surface area contributed by atoms with E-state index in [1.807, 2.05) is 24.3 Å². The molecule has 0 radical (unpaired) electrons. The Morgan fingerprint density at radius 2 is 1.71 bits per heavy atom. The zero-order valence-electron chi connectivity index (χ0n) is 13.9. The van der Waals surface area contributed by atoms with Crippen molar-refractivity contribution >= 4 is 17.8 Å². The van der Waals surface area contributed by atoms with Gasteiger partial charge in [0.15, 0.2) is 0 Å². The highest BCUT2D eigenvalue weighted by Crippen LogP contribution is 2.29. The molecule has 24 heavy (non-hydrogen) atoms. The summed E-state index contributed by atoms with van der Waals surface area (Å²) in [6.45, 7) is 2.66. The number of carbonyl (C=O) groups is 3. The lowest BCUT2D eigenvalue weighted by molar-refractivity contribution is -0.144. The number of rotatable bonds is 7. The molecule has 0 spiro atoms. The molecule has 0 aromatic heterocycles. The monoisotopic (exact) mass is 331 g/mol. The van der Waals surface area contributed by atoms with E-state index >= 15 is 0 Å². The summed E-state index contributed by atoms with van der Waals surface area (Å²) in [4.78, 5) is 40.3. The Kier molecular flexibility index (Phi) is 4.53. The Morgan fingerprint density at radius 1 is 1.08 bits per heavy atom. The van der Waals surface area contributed by atoms with E-state index in [1.165, 1.54) is 0 Å². The Bertz CT molecular complexity index is 654. The van der Waals surface area contributed by atoms with Crippen molar-refractivity contribution in [2.24, 2.45) is 0 Å². The molecule has 1 saturated carbocycles. The smallest absolute Gasteiger partial charge is 0.335 e. The highest BCUT2D eigenvalue weighted by molar-refractivity contribution is 6.44. The molecule has 4 amide bonds. The maximum absolute atomic E-state index is 12.2. The Hall–Kier alpha value is -2.41. The number of benzene rings is 1. The number of hydrogen-bond acceptors (Lipinski definition) is 5. The number of methoxy groups -OCH3 is 1. The van der Waals surface area contributed by atoms with Gasteiger partial charge in [0.25, 0.3) is 0 Å². The number of nitrogens with zero attached hydrogens (tertiary/aromatic N) is 3. The maximum Gasteiger partial charge on any atom is 0.335 e. The zero-order valence-corrected chi connectivity index (χ0v) is 13.9. The van der Waals surface area contributed by atoms with E-state index in [1.54, 1.807) is 14.0 Å². The first kappa shape index (κ1) is 16.4. The van der Waals surface area contributed by atoms with Crippen LogP contribution >= 0.6 is 0 Å². The molecule has 1 aromatic rings. The number of imide groups is 2. The van der Waals surface area contributed by atoms with Gasteiger partial charge in [-0.1, -0.05) is 12.1 Å². The minimum atomic E-state index is -0.734. The molecule has 0 bridgehead atoms. The molecule has 2 aliphatic rings. The van der Waals surface area contributed by atoms with E-state index < -0.39 is 17.8 Å². The molecule has 3 rings (SSSR count). The van der Waals surface area contributed by atoms with Crippen molar-refractivity contribution in [3.8, 4) is 5.75 Å². The van der Waals surface area contributed by atoms with E-state index in [2.05, 4.69) is 4.90 Å². The summed E-state index contributed by atoms with van der Waals surface area (Å²) in [6.07, 6.45) is 2.08. The second kappa shape index (κ2) is 6.60. The van der Waals surface area contributed by atoms with Gasteiger partial charge in [-0.05, 0) is 37.5 Å². The van der Waals surface area contributed by atoms with Gasteiger partial charge in [-0.25, -0.2) is 9.69 Å². The van der Waals surface area contributed by atoms with Crippen LogP contribution in [0.4, 0.5) is 4.79 Å². The van der Waals surface area contributed by atoms with Gasteiger partial charge in [0.1, 0.15) is 5.75 Å².